The van der Waals surface area contributed by atoms with E-state index in [4.69, 9.17) is 11.5 Å². The lowest BCUT2D eigenvalue weighted by molar-refractivity contribution is -0.116. The average molecular weight is 281 g/mol. The normalized spacial score (nSPS) is 13.4. The summed E-state index contributed by atoms with van der Waals surface area (Å²) in [5.41, 5.74) is 15.1. The molecule has 1 aliphatic rings. The number of carbonyl (C=O) groups excluding carboxylic acids is 2. The number of hydrogen-bond acceptors (Lipinski definition) is 4. The summed E-state index contributed by atoms with van der Waals surface area (Å²) >= 11 is 0. The zero-order valence-electron chi connectivity index (χ0n) is 11.3. The minimum atomic E-state index is -0.131. The van der Waals surface area contributed by atoms with Gasteiger partial charge in [0.2, 0.25) is 5.91 Å². The van der Waals surface area contributed by atoms with Gasteiger partial charge in [-0.3, -0.25) is 9.59 Å². The Morgan fingerprint density at radius 1 is 0.952 bits per heavy atom. The van der Waals surface area contributed by atoms with Gasteiger partial charge < -0.3 is 16.8 Å². The van der Waals surface area contributed by atoms with Crippen molar-refractivity contribution in [3.8, 4) is 0 Å². The summed E-state index contributed by atoms with van der Waals surface area (Å²) in [5.74, 6) is -0.126. The van der Waals surface area contributed by atoms with Crippen LogP contribution in [0.4, 0.5) is 17.1 Å². The summed E-state index contributed by atoms with van der Waals surface area (Å²) in [4.78, 5) is 23.8. The van der Waals surface area contributed by atoms with E-state index in [1.807, 2.05) is 6.07 Å². The van der Waals surface area contributed by atoms with Gasteiger partial charge in [0, 0.05) is 34.6 Å². The minimum Gasteiger partial charge on any atom is -0.399 e. The molecule has 3 rings (SSSR count). The first kappa shape index (κ1) is 13.2. The molecule has 0 radical (unpaired) electrons. The number of nitrogens with two attached hydrogens (primary N) is 2. The molecule has 0 aliphatic carbocycles. The fourth-order valence-corrected chi connectivity index (χ4v) is 2.50. The number of nitrogen functional groups attached to an aromatic ring is 2. The molecule has 0 fully saturated rings. The van der Waals surface area contributed by atoms with E-state index in [-0.39, 0.29) is 11.7 Å². The van der Waals surface area contributed by atoms with Gasteiger partial charge in [-0.05, 0) is 48.4 Å². The molecule has 1 heterocycles. The van der Waals surface area contributed by atoms with Gasteiger partial charge in [0.1, 0.15) is 0 Å². The van der Waals surface area contributed by atoms with E-state index in [9.17, 15) is 9.59 Å². The maximum atomic E-state index is 12.5. The first-order chi connectivity index (χ1) is 10.0. The van der Waals surface area contributed by atoms with Gasteiger partial charge in [-0.2, -0.15) is 0 Å². The molecule has 0 atom stereocenters. The molecule has 21 heavy (non-hydrogen) atoms. The SMILES string of the molecule is Nc1cc(N)cc(C(=O)c2ccc3c(c2)CCC(=O)N3)c1. The molecule has 106 valence electrons. The standard InChI is InChI=1S/C16H15N3O2/c17-12-6-11(7-13(18)8-12)16(21)10-1-3-14-9(5-10)2-4-15(20)19-14/h1,3,5-8H,2,4,17-18H2,(H,19,20). The zero-order chi connectivity index (χ0) is 15.0. The predicted molar refractivity (Wildman–Crippen MR) is 82.1 cm³/mol. The summed E-state index contributed by atoms with van der Waals surface area (Å²) in [6, 6.07) is 10.1. The Morgan fingerprint density at radius 2 is 1.67 bits per heavy atom. The lowest BCUT2D eigenvalue weighted by Crippen LogP contribution is -2.19. The Labute approximate surface area is 121 Å². The number of nitrogens with one attached hydrogen (secondary N) is 1. The molecule has 0 unspecified atom stereocenters. The van der Waals surface area contributed by atoms with Crippen molar-refractivity contribution in [3.63, 3.8) is 0 Å². The van der Waals surface area contributed by atoms with Crippen LogP contribution in [0.15, 0.2) is 36.4 Å². The van der Waals surface area contributed by atoms with E-state index in [1.165, 1.54) is 0 Å². The minimum absolute atomic E-state index is 0.00480. The van der Waals surface area contributed by atoms with E-state index in [0.29, 0.717) is 35.3 Å². The number of benzene rings is 2. The maximum absolute atomic E-state index is 12.5. The molecule has 0 aromatic heterocycles. The quantitative estimate of drug-likeness (QED) is 0.579. The second-order valence-corrected chi connectivity index (χ2v) is 5.14. The lowest BCUT2D eigenvalue weighted by atomic mass is 9.96. The van der Waals surface area contributed by atoms with Crippen LogP contribution in [0.2, 0.25) is 0 Å². The smallest absolute Gasteiger partial charge is 0.224 e. The molecule has 1 amide bonds. The van der Waals surface area contributed by atoms with Gasteiger partial charge in [0.15, 0.2) is 5.78 Å². The van der Waals surface area contributed by atoms with Gasteiger partial charge in [0.25, 0.3) is 0 Å². The van der Waals surface area contributed by atoms with Gasteiger partial charge in [-0.25, -0.2) is 0 Å². The summed E-state index contributed by atoms with van der Waals surface area (Å²) in [7, 11) is 0. The second kappa shape index (κ2) is 4.94. The van der Waals surface area contributed by atoms with Gasteiger partial charge in [0.05, 0.1) is 0 Å². The van der Waals surface area contributed by atoms with Crippen LogP contribution in [-0.2, 0) is 11.2 Å². The maximum Gasteiger partial charge on any atom is 0.224 e. The van der Waals surface area contributed by atoms with Crippen LogP contribution >= 0.6 is 0 Å². The van der Waals surface area contributed by atoms with E-state index in [2.05, 4.69) is 5.32 Å². The Hall–Kier alpha value is -2.82. The van der Waals surface area contributed by atoms with Crippen molar-refractivity contribution in [1.82, 2.24) is 0 Å². The number of amides is 1. The van der Waals surface area contributed by atoms with E-state index >= 15 is 0 Å². The number of aryl methyl sites for hydroxylation is 1. The molecular formula is C16H15N3O2. The van der Waals surface area contributed by atoms with E-state index in [1.54, 1.807) is 30.3 Å². The third-order valence-electron chi connectivity index (χ3n) is 3.50. The van der Waals surface area contributed by atoms with Crippen LogP contribution in [-0.4, -0.2) is 11.7 Å². The first-order valence-electron chi connectivity index (χ1n) is 6.66. The fraction of sp³-hybridized carbons (Fsp3) is 0.125. The lowest BCUT2D eigenvalue weighted by Gasteiger charge is -2.17. The van der Waals surface area contributed by atoms with Crippen LogP contribution < -0.4 is 16.8 Å². The molecule has 0 saturated heterocycles. The van der Waals surface area contributed by atoms with Crippen molar-refractivity contribution in [2.24, 2.45) is 0 Å². The molecule has 2 aromatic carbocycles. The van der Waals surface area contributed by atoms with Crippen molar-refractivity contribution < 1.29 is 9.59 Å². The summed E-state index contributed by atoms with van der Waals surface area (Å²) < 4.78 is 0. The molecule has 2 aromatic rings. The number of anilines is 3. The predicted octanol–water partition coefficient (Wildman–Crippen LogP) is 1.97. The van der Waals surface area contributed by atoms with Crippen LogP contribution in [0, 0.1) is 0 Å². The van der Waals surface area contributed by atoms with Gasteiger partial charge in [-0.1, -0.05) is 0 Å². The Morgan fingerprint density at radius 3 is 2.38 bits per heavy atom. The molecule has 5 heteroatoms. The summed E-state index contributed by atoms with van der Waals surface area (Å²) in [6.45, 7) is 0. The third-order valence-corrected chi connectivity index (χ3v) is 3.50. The number of hydrogen-bond donors (Lipinski definition) is 3. The third kappa shape index (κ3) is 2.58. The molecule has 0 spiro atoms. The van der Waals surface area contributed by atoms with Gasteiger partial charge in [-0.15, -0.1) is 0 Å². The number of rotatable bonds is 2. The highest BCUT2D eigenvalue weighted by Crippen LogP contribution is 2.25. The van der Waals surface area contributed by atoms with Crippen molar-refractivity contribution >= 4 is 28.8 Å². The molecule has 1 aliphatic heterocycles. The molecule has 5 N–H and O–H groups in total. The number of carbonyl (C=O) groups is 2. The van der Waals surface area contributed by atoms with Crippen LogP contribution in [0.25, 0.3) is 0 Å². The average Bonchev–Trinajstić information content (AvgIpc) is 2.45. The first-order valence-corrected chi connectivity index (χ1v) is 6.66. The van der Waals surface area contributed by atoms with E-state index in [0.717, 1.165) is 11.3 Å². The van der Waals surface area contributed by atoms with Crippen LogP contribution in [0.1, 0.15) is 27.9 Å². The Balaban J connectivity index is 1.97. The number of ketones is 1. The summed E-state index contributed by atoms with van der Waals surface area (Å²) in [6.07, 6.45) is 1.08. The molecule has 0 bridgehead atoms. The van der Waals surface area contributed by atoms with Crippen LogP contribution in [0.5, 0.6) is 0 Å². The molecular weight excluding hydrogens is 266 g/mol. The highest BCUT2D eigenvalue weighted by atomic mass is 16.1. The highest BCUT2D eigenvalue weighted by molar-refractivity contribution is 6.10. The monoisotopic (exact) mass is 281 g/mol. The van der Waals surface area contributed by atoms with Crippen molar-refractivity contribution in [2.45, 2.75) is 12.8 Å². The number of fused-ring (bicyclic) bond motifs is 1. The van der Waals surface area contributed by atoms with Gasteiger partial charge >= 0.3 is 0 Å². The molecule has 0 saturated carbocycles. The highest BCUT2D eigenvalue weighted by Gasteiger charge is 2.17. The van der Waals surface area contributed by atoms with Crippen molar-refractivity contribution in [2.75, 3.05) is 16.8 Å². The summed E-state index contributed by atoms with van der Waals surface area (Å²) in [5, 5.41) is 2.79. The fourth-order valence-electron chi connectivity index (χ4n) is 2.50. The van der Waals surface area contributed by atoms with E-state index < -0.39 is 0 Å². The van der Waals surface area contributed by atoms with Crippen molar-refractivity contribution in [3.05, 3.63) is 53.1 Å². The Bertz CT molecular complexity index is 733. The van der Waals surface area contributed by atoms with Crippen LogP contribution in [0.3, 0.4) is 0 Å². The Kier molecular flexibility index (Phi) is 3.10. The largest absolute Gasteiger partial charge is 0.399 e. The zero-order valence-corrected chi connectivity index (χ0v) is 11.3. The van der Waals surface area contributed by atoms with Crippen molar-refractivity contribution in [1.29, 1.82) is 0 Å². The topological polar surface area (TPSA) is 98.2 Å². The molecule has 5 nitrogen and oxygen atoms in total. The second-order valence-electron chi connectivity index (χ2n) is 5.14.